The molecule has 0 heterocycles. The first kappa shape index (κ1) is 6.92. The number of esters is 1. The van der Waals surface area contributed by atoms with Crippen molar-refractivity contribution in [2.45, 2.75) is 6.42 Å². The standard InChI is InChI=1S/C6H7NO3/c1-10-6(8)4-2-5(3-4)7-9/h2,4H,3H2,1H3. The molecule has 1 atom stereocenters. The Morgan fingerprint density at radius 3 is 2.90 bits per heavy atom. The molecule has 0 radical (unpaired) electrons. The third kappa shape index (κ3) is 1.05. The maximum Gasteiger partial charge on any atom is 0.312 e. The zero-order valence-electron chi connectivity index (χ0n) is 5.53. The highest BCUT2D eigenvalue weighted by molar-refractivity contribution is 5.76. The number of hydrogen-bond acceptors (Lipinski definition) is 4. The second-order valence-electron chi connectivity index (χ2n) is 2.08. The fraction of sp³-hybridized carbons (Fsp3) is 0.500. The van der Waals surface area contributed by atoms with Crippen molar-refractivity contribution in [3.05, 3.63) is 16.7 Å². The van der Waals surface area contributed by atoms with Crippen LogP contribution in [0.5, 0.6) is 0 Å². The van der Waals surface area contributed by atoms with E-state index in [0.29, 0.717) is 12.1 Å². The molecule has 0 bridgehead atoms. The van der Waals surface area contributed by atoms with Gasteiger partial charge in [-0.25, -0.2) is 0 Å². The summed E-state index contributed by atoms with van der Waals surface area (Å²) in [6.07, 6.45) is 1.94. The minimum absolute atomic E-state index is 0.238. The quantitative estimate of drug-likeness (QED) is 0.422. The minimum atomic E-state index is -0.299. The van der Waals surface area contributed by atoms with Crippen molar-refractivity contribution in [1.29, 1.82) is 0 Å². The Hall–Kier alpha value is -1.19. The maximum atomic E-state index is 10.6. The molecule has 0 aromatic heterocycles. The Bertz CT molecular complexity index is 197. The van der Waals surface area contributed by atoms with Crippen LogP contribution in [-0.2, 0) is 9.53 Å². The van der Waals surface area contributed by atoms with Crippen LogP contribution in [0.3, 0.4) is 0 Å². The molecule has 0 spiro atoms. The van der Waals surface area contributed by atoms with Crippen LogP contribution < -0.4 is 0 Å². The lowest BCUT2D eigenvalue weighted by atomic mass is 9.92. The predicted molar refractivity (Wildman–Crippen MR) is 34.0 cm³/mol. The third-order valence-corrected chi connectivity index (χ3v) is 1.44. The number of rotatable bonds is 2. The summed E-state index contributed by atoms with van der Waals surface area (Å²) < 4.78 is 4.42. The molecule has 0 aromatic carbocycles. The topological polar surface area (TPSA) is 55.7 Å². The lowest BCUT2D eigenvalue weighted by molar-refractivity contribution is -0.144. The lowest BCUT2D eigenvalue weighted by Gasteiger charge is -2.17. The van der Waals surface area contributed by atoms with E-state index < -0.39 is 0 Å². The van der Waals surface area contributed by atoms with Crippen LogP contribution in [0.25, 0.3) is 0 Å². The molecule has 54 valence electrons. The number of methoxy groups -OCH3 is 1. The summed E-state index contributed by atoms with van der Waals surface area (Å²) in [6.45, 7) is 0. The zero-order chi connectivity index (χ0) is 7.56. The van der Waals surface area contributed by atoms with Crippen LogP contribution in [0.15, 0.2) is 16.9 Å². The molecule has 1 aliphatic rings. The fourth-order valence-electron chi connectivity index (χ4n) is 0.794. The number of hydrogen-bond donors (Lipinski definition) is 0. The molecule has 0 aliphatic heterocycles. The van der Waals surface area contributed by atoms with Crippen molar-refractivity contribution in [1.82, 2.24) is 0 Å². The summed E-state index contributed by atoms with van der Waals surface area (Å²) >= 11 is 0. The Balaban J connectivity index is 2.46. The van der Waals surface area contributed by atoms with Crippen molar-refractivity contribution in [2.24, 2.45) is 11.1 Å². The number of ether oxygens (including phenoxy) is 1. The van der Waals surface area contributed by atoms with Crippen LogP contribution in [0, 0.1) is 10.8 Å². The van der Waals surface area contributed by atoms with Gasteiger partial charge in [0.2, 0.25) is 0 Å². The molecule has 4 nitrogen and oxygen atoms in total. The van der Waals surface area contributed by atoms with Gasteiger partial charge in [-0.2, -0.15) is 0 Å². The third-order valence-electron chi connectivity index (χ3n) is 1.44. The van der Waals surface area contributed by atoms with Gasteiger partial charge < -0.3 is 4.74 Å². The van der Waals surface area contributed by atoms with Crippen LogP contribution in [0.1, 0.15) is 6.42 Å². The van der Waals surface area contributed by atoms with E-state index in [1.165, 1.54) is 13.2 Å². The van der Waals surface area contributed by atoms with E-state index in [1.807, 2.05) is 0 Å². The van der Waals surface area contributed by atoms with Crippen molar-refractivity contribution >= 4 is 5.97 Å². The monoisotopic (exact) mass is 141 g/mol. The maximum absolute atomic E-state index is 10.6. The highest BCUT2D eigenvalue weighted by Crippen LogP contribution is 2.27. The minimum Gasteiger partial charge on any atom is -0.469 e. The lowest BCUT2D eigenvalue weighted by Crippen LogP contribution is -2.20. The molecular weight excluding hydrogens is 134 g/mol. The highest BCUT2D eigenvalue weighted by atomic mass is 16.5. The summed E-state index contributed by atoms with van der Waals surface area (Å²) in [5.74, 6) is -0.537. The molecule has 1 unspecified atom stereocenters. The number of allylic oxidation sites excluding steroid dienone is 1. The molecule has 4 heteroatoms. The predicted octanol–water partition coefficient (Wildman–Crippen LogP) is 0.830. The van der Waals surface area contributed by atoms with Crippen molar-refractivity contribution < 1.29 is 9.53 Å². The molecular formula is C6H7NO3. The number of carbonyl (C=O) groups is 1. The average Bonchev–Trinajstić information content (AvgIpc) is 1.85. The van der Waals surface area contributed by atoms with E-state index >= 15 is 0 Å². The van der Waals surface area contributed by atoms with Crippen LogP contribution >= 0.6 is 0 Å². The molecule has 1 rings (SSSR count). The van der Waals surface area contributed by atoms with Crippen molar-refractivity contribution in [3.8, 4) is 0 Å². The number of carbonyl (C=O) groups excluding carboxylic acids is 1. The SMILES string of the molecule is COC(=O)C1C=C(N=O)C1. The number of nitrogens with zero attached hydrogens (tertiary/aromatic N) is 1. The summed E-state index contributed by atoms with van der Waals surface area (Å²) in [6, 6.07) is 0. The largest absolute Gasteiger partial charge is 0.469 e. The Labute approximate surface area is 57.8 Å². The highest BCUT2D eigenvalue weighted by Gasteiger charge is 2.27. The summed E-state index contributed by atoms with van der Waals surface area (Å²) in [5.41, 5.74) is 0.440. The molecule has 0 aromatic rings. The molecule has 10 heavy (non-hydrogen) atoms. The van der Waals surface area contributed by atoms with Gasteiger partial charge in [0.25, 0.3) is 0 Å². The van der Waals surface area contributed by atoms with E-state index in [2.05, 4.69) is 9.91 Å². The van der Waals surface area contributed by atoms with Crippen molar-refractivity contribution in [2.75, 3.05) is 7.11 Å². The Morgan fingerprint density at radius 1 is 1.90 bits per heavy atom. The first-order valence-corrected chi connectivity index (χ1v) is 2.90. The van der Waals surface area contributed by atoms with E-state index in [9.17, 15) is 9.70 Å². The fourth-order valence-corrected chi connectivity index (χ4v) is 0.794. The van der Waals surface area contributed by atoms with E-state index in [0.717, 1.165) is 0 Å². The first-order chi connectivity index (χ1) is 4.77. The van der Waals surface area contributed by atoms with Crippen LogP contribution in [-0.4, -0.2) is 13.1 Å². The Morgan fingerprint density at radius 2 is 2.50 bits per heavy atom. The molecule has 0 amide bonds. The second kappa shape index (κ2) is 2.60. The van der Waals surface area contributed by atoms with Crippen LogP contribution in [0.2, 0.25) is 0 Å². The summed E-state index contributed by atoms with van der Waals surface area (Å²) in [4.78, 5) is 20.4. The summed E-state index contributed by atoms with van der Waals surface area (Å²) in [7, 11) is 1.32. The average molecular weight is 141 g/mol. The summed E-state index contributed by atoms with van der Waals surface area (Å²) in [5, 5.41) is 2.66. The van der Waals surface area contributed by atoms with Crippen molar-refractivity contribution in [3.63, 3.8) is 0 Å². The van der Waals surface area contributed by atoms with Gasteiger partial charge in [0, 0.05) is 6.42 Å². The van der Waals surface area contributed by atoms with Gasteiger partial charge in [0.1, 0.15) is 0 Å². The van der Waals surface area contributed by atoms with E-state index in [-0.39, 0.29) is 11.9 Å². The van der Waals surface area contributed by atoms with Gasteiger partial charge >= 0.3 is 5.97 Å². The molecule has 0 saturated carbocycles. The van der Waals surface area contributed by atoms with E-state index in [4.69, 9.17) is 0 Å². The van der Waals surface area contributed by atoms with Gasteiger partial charge in [0.05, 0.1) is 18.7 Å². The second-order valence-corrected chi connectivity index (χ2v) is 2.08. The zero-order valence-corrected chi connectivity index (χ0v) is 5.53. The van der Waals surface area contributed by atoms with Gasteiger partial charge in [0.15, 0.2) is 0 Å². The molecule has 0 saturated heterocycles. The van der Waals surface area contributed by atoms with Gasteiger partial charge in [-0.05, 0) is 11.3 Å². The van der Waals surface area contributed by atoms with Crippen LogP contribution in [0.4, 0.5) is 0 Å². The van der Waals surface area contributed by atoms with E-state index in [1.54, 1.807) is 0 Å². The van der Waals surface area contributed by atoms with Gasteiger partial charge in [-0.1, -0.05) is 0 Å². The molecule has 0 fully saturated rings. The normalized spacial score (nSPS) is 22.5. The Kier molecular flexibility index (Phi) is 1.80. The van der Waals surface area contributed by atoms with Gasteiger partial charge in [-0.15, -0.1) is 4.91 Å². The number of nitroso groups, excluding NO2 is 1. The first-order valence-electron chi connectivity index (χ1n) is 2.90. The molecule has 0 N–H and O–H groups in total. The molecule has 1 aliphatic carbocycles. The smallest absolute Gasteiger partial charge is 0.312 e. The van der Waals surface area contributed by atoms with Gasteiger partial charge in [-0.3, -0.25) is 4.79 Å².